The molecule has 5 heteroatoms. The SMILES string of the molecule is Cn1nc(C(=O)OC2C=C3CC4CCN3C(C4)C2)c2ccccc21. The van der Waals surface area contributed by atoms with Gasteiger partial charge in [0.1, 0.15) is 6.10 Å². The summed E-state index contributed by atoms with van der Waals surface area (Å²) in [4.78, 5) is 15.2. The molecule has 0 amide bonds. The molecule has 0 aliphatic carbocycles. The summed E-state index contributed by atoms with van der Waals surface area (Å²) in [5.41, 5.74) is 2.76. The molecule has 4 aliphatic rings. The summed E-state index contributed by atoms with van der Waals surface area (Å²) in [6, 6.07) is 8.33. The molecule has 24 heavy (non-hydrogen) atoms. The van der Waals surface area contributed by atoms with E-state index in [0.717, 1.165) is 29.7 Å². The highest BCUT2D eigenvalue weighted by Crippen LogP contribution is 2.43. The number of aromatic nitrogens is 2. The van der Waals surface area contributed by atoms with Crippen LogP contribution in [0.2, 0.25) is 0 Å². The first kappa shape index (κ1) is 14.1. The van der Waals surface area contributed by atoms with Crippen LogP contribution in [0.25, 0.3) is 10.9 Å². The van der Waals surface area contributed by atoms with Gasteiger partial charge in [0.05, 0.1) is 5.52 Å². The van der Waals surface area contributed by atoms with Crippen LogP contribution in [0.1, 0.15) is 36.2 Å². The Hall–Kier alpha value is -2.30. The first-order valence-corrected chi connectivity index (χ1v) is 8.79. The monoisotopic (exact) mass is 323 g/mol. The summed E-state index contributed by atoms with van der Waals surface area (Å²) >= 11 is 0. The molecule has 4 bridgehead atoms. The van der Waals surface area contributed by atoms with E-state index in [2.05, 4.69) is 16.1 Å². The number of hydrogen-bond acceptors (Lipinski definition) is 4. The van der Waals surface area contributed by atoms with Crippen LogP contribution < -0.4 is 0 Å². The number of aryl methyl sites for hydroxylation is 1. The van der Waals surface area contributed by atoms with E-state index in [9.17, 15) is 4.79 Å². The fourth-order valence-electron chi connectivity index (χ4n) is 4.69. The molecule has 3 fully saturated rings. The highest BCUT2D eigenvalue weighted by Gasteiger charge is 2.41. The van der Waals surface area contributed by atoms with E-state index >= 15 is 0 Å². The number of ether oxygens (including phenoxy) is 1. The number of para-hydroxylation sites is 1. The zero-order chi connectivity index (χ0) is 16.3. The standard InChI is InChI=1S/C19H21N3O2/c1-21-17-5-3-2-4-16(17)18(20-21)19(23)24-15-10-13-8-12-6-7-22(13)14(9-12)11-15/h2-5,10,12,14-15H,6-9,11H2,1H3. The molecule has 0 radical (unpaired) electrons. The Morgan fingerprint density at radius 2 is 2.17 bits per heavy atom. The van der Waals surface area contributed by atoms with Crippen LogP contribution in [0.5, 0.6) is 0 Å². The van der Waals surface area contributed by atoms with Gasteiger partial charge in [-0.05, 0) is 37.3 Å². The van der Waals surface area contributed by atoms with Gasteiger partial charge in [0, 0.05) is 37.1 Å². The number of allylic oxidation sites excluding steroid dienone is 1. The van der Waals surface area contributed by atoms with Gasteiger partial charge in [-0.3, -0.25) is 4.68 Å². The molecule has 124 valence electrons. The Morgan fingerprint density at radius 3 is 3.00 bits per heavy atom. The molecule has 1 aromatic carbocycles. The predicted molar refractivity (Wildman–Crippen MR) is 90.5 cm³/mol. The molecule has 0 N–H and O–H groups in total. The Morgan fingerprint density at radius 1 is 1.29 bits per heavy atom. The summed E-state index contributed by atoms with van der Waals surface area (Å²) in [5, 5.41) is 5.23. The second kappa shape index (κ2) is 5.10. The minimum Gasteiger partial charge on any atom is -0.453 e. The zero-order valence-electron chi connectivity index (χ0n) is 13.8. The summed E-state index contributed by atoms with van der Waals surface area (Å²) in [6.45, 7) is 1.17. The van der Waals surface area contributed by atoms with Crippen molar-refractivity contribution in [3.05, 3.63) is 41.7 Å². The number of carbonyl (C=O) groups is 1. The van der Waals surface area contributed by atoms with Crippen molar-refractivity contribution in [1.29, 1.82) is 0 Å². The largest absolute Gasteiger partial charge is 0.453 e. The van der Waals surface area contributed by atoms with Gasteiger partial charge in [0.2, 0.25) is 0 Å². The summed E-state index contributed by atoms with van der Waals surface area (Å²) in [7, 11) is 1.86. The van der Waals surface area contributed by atoms with Crippen molar-refractivity contribution < 1.29 is 9.53 Å². The van der Waals surface area contributed by atoms with E-state index < -0.39 is 0 Å². The first-order valence-electron chi connectivity index (χ1n) is 8.79. The number of hydrogen-bond donors (Lipinski definition) is 0. The van der Waals surface area contributed by atoms with E-state index in [1.165, 1.54) is 25.1 Å². The fraction of sp³-hybridized carbons (Fsp3) is 0.474. The predicted octanol–water partition coefficient (Wildman–Crippen LogP) is 2.87. The van der Waals surface area contributed by atoms with Gasteiger partial charge >= 0.3 is 5.97 Å². The lowest BCUT2D eigenvalue weighted by Gasteiger charge is -2.51. The lowest BCUT2D eigenvalue weighted by Crippen LogP contribution is -2.51. The minimum absolute atomic E-state index is 0.117. The molecule has 3 saturated heterocycles. The van der Waals surface area contributed by atoms with Crippen molar-refractivity contribution in [2.45, 2.75) is 37.8 Å². The number of esters is 1. The zero-order valence-corrected chi connectivity index (χ0v) is 13.8. The Labute approximate surface area is 140 Å². The van der Waals surface area contributed by atoms with Crippen molar-refractivity contribution in [3.8, 4) is 0 Å². The molecule has 0 spiro atoms. The summed E-state index contributed by atoms with van der Waals surface area (Å²) in [5.74, 6) is 0.524. The quantitative estimate of drug-likeness (QED) is 0.797. The van der Waals surface area contributed by atoms with Gasteiger partial charge in [-0.15, -0.1) is 0 Å². The van der Waals surface area contributed by atoms with Crippen molar-refractivity contribution in [2.75, 3.05) is 6.54 Å². The van der Waals surface area contributed by atoms with E-state index in [0.29, 0.717) is 11.7 Å². The average molecular weight is 323 g/mol. The number of rotatable bonds is 2. The third-order valence-electron chi connectivity index (χ3n) is 5.78. The third kappa shape index (κ3) is 2.07. The molecule has 2 aromatic rings. The van der Waals surface area contributed by atoms with Crippen LogP contribution in [0, 0.1) is 5.92 Å². The molecule has 5 nitrogen and oxygen atoms in total. The third-order valence-corrected chi connectivity index (χ3v) is 5.78. The number of nitrogens with zero attached hydrogens (tertiary/aromatic N) is 3. The number of piperidine rings is 3. The molecule has 4 aliphatic heterocycles. The Bertz CT molecular complexity index is 853. The highest BCUT2D eigenvalue weighted by atomic mass is 16.5. The molecule has 1 aromatic heterocycles. The molecular formula is C19H21N3O2. The van der Waals surface area contributed by atoms with E-state index in [1.54, 1.807) is 4.68 Å². The maximum absolute atomic E-state index is 12.7. The van der Waals surface area contributed by atoms with Crippen LogP contribution in [0.15, 0.2) is 36.0 Å². The molecule has 0 saturated carbocycles. The maximum atomic E-state index is 12.7. The van der Waals surface area contributed by atoms with E-state index in [1.807, 2.05) is 31.3 Å². The maximum Gasteiger partial charge on any atom is 0.360 e. The summed E-state index contributed by atoms with van der Waals surface area (Å²) < 4.78 is 7.57. The van der Waals surface area contributed by atoms with Gasteiger partial charge in [-0.25, -0.2) is 4.79 Å². The van der Waals surface area contributed by atoms with E-state index in [4.69, 9.17) is 4.74 Å². The number of carbonyl (C=O) groups excluding carboxylic acids is 1. The molecule has 3 unspecified atom stereocenters. The van der Waals surface area contributed by atoms with Gasteiger partial charge in [-0.2, -0.15) is 5.10 Å². The van der Waals surface area contributed by atoms with Crippen LogP contribution in [0.4, 0.5) is 0 Å². The highest BCUT2D eigenvalue weighted by molar-refractivity contribution is 6.02. The molecular weight excluding hydrogens is 302 g/mol. The lowest BCUT2D eigenvalue weighted by atomic mass is 9.76. The smallest absolute Gasteiger partial charge is 0.360 e. The second-order valence-electron chi connectivity index (χ2n) is 7.27. The summed E-state index contributed by atoms with van der Waals surface area (Å²) in [6.07, 6.45) is 6.68. The van der Waals surface area contributed by atoms with Crippen molar-refractivity contribution in [2.24, 2.45) is 13.0 Å². The molecule has 6 rings (SSSR count). The Kier molecular flexibility index (Phi) is 2.99. The minimum atomic E-state index is -0.311. The van der Waals surface area contributed by atoms with Crippen LogP contribution in [0.3, 0.4) is 0 Å². The lowest BCUT2D eigenvalue weighted by molar-refractivity contribution is 0.00882. The van der Waals surface area contributed by atoms with Gasteiger partial charge in [0.25, 0.3) is 0 Å². The fourth-order valence-corrected chi connectivity index (χ4v) is 4.69. The topological polar surface area (TPSA) is 47.4 Å². The number of benzene rings is 1. The average Bonchev–Trinajstić information content (AvgIpc) is 2.92. The van der Waals surface area contributed by atoms with Crippen LogP contribution >= 0.6 is 0 Å². The van der Waals surface area contributed by atoms with Crippen LogP contribution in [-0.2, 0) is 11.8 Å². The number of fused-ring (bicyclic) bond motifs is 2. The van der Waals surface area contributed by atoms with Crippen molar-refractivity contribution >= 4 is 16.9 Å². The van der Waals surface area contributed by atoms with Gasteiger partial charge < -0.3 is 9.64 Å². The van der Waals surface area contributed by atoms with E-state index in [-0.39, 0.29) is 12.1 Å². The Balaban J connectivity index is 1.41. The first-order chi connectivity index (χ1) is 11.7. The van der Waals surface area contributed by atoms with Crippen molar-refractivity contribution in [1.82, 2.24) is 14.7 Å². The van der Waals surface area contributed by atoms with Crippen molar-refractivity contribution in [3.63, 3.8) is 0 Å². The second-order valence-corrected chi connectivity index (χ2v) is 7.27. The molecule has 5 heterocycles. The normalized spacial score (nSPS) is 28.1. The van der Waals surface area contributed by atoms with Gasteiger partial charge in [0.15, 0.2) is 5.69 Å². The van der Waals surface area contributed by atoms with Gasteiger partial charge in [-0.1, -0.05) is 18.2 Å². The molecule has 3 atom stereocenters. The van der Waals surface area contributed by atoms with Crippen LogP contribution in [-0.4, -0.2) is 39.3 Å².